The summed E-state index contributed by atoms with van der Waals surface area (Å²) in [6.07, 6.45) is 5.33. The van der Waals surface area contributed by atoms with Crippen molar-refractivity contribution in [1.82, 2.24) is 25.0 Å². The van der Waals surface area contributed by atoms with E-state index >= 15 is 0 Å². The van der Waals surface area contributed by atoms with E-state index in [1.54, 1.807) is 18.6 Å². The molecule has 0 aliphatic carbocycles. The lowest BCUT2D eigenvalue weighted by Gasteiger charge is -2.19. The number of amides is 1. The molecule has 0 saturated heterocycles. The zero-order valence-electron chi connectivity index (χ0n) is 13.6. The van der Waals surface area contributed by atoms with Gasteiger partial charge in [-0.05, 0) is 38.6 Å². The van der Waals surface area contributed by atoms with Gasteiger partial charge in [-0.3, -0.25) is 19.4 Å². The van der Waals surface area contributed by atoms with Crippen LogP contribution in [-0.2, 0) is 18.4 Å². The van der Waals surface area contributed by atoms with Gasteiger partial charge in [-0.2, -0.15) is 5.10 Å². The number of carbonyl (C=O) groups excluding carboxylic acids is 1. The summed E-state index contributed by atoms with van der Waals surface area (Å²) in [5, 5.41) is 7.23. The Morgan fingerprint density at radius 3 is 2.68 bits per heavy atom. The van der Waals surface area contributed by atoms with Crippen molar-refractivity contribution in [2.45, 2.75) is 26.4 Å². The largest absolute Gasteiger partial charge is 0.348 e. The van der Waals surface area contributed by atoms with Crippen LogP contribution in [-0.4, -0.2) is 39.2 Å². The first kappa shape index (κ1) is 16.2. The lowest BCUT2D eigenvalue weighted by molar-refractivity contribution is -0.122. The first-order chi connectivity index (χ1) is 10.5. The van der Waals surface area contributed by atoms with Crippen molar-refractivity contribution >= 4 is 5.91 Å². The van der Waals surface area contributed by atoms with Gasteiger partial charge >= 0.3 is 0 Å². The van der Waals surface area contributed by atoms with Gasteiger partial charge in [0.1, 0.15) is 0 Å². The van der Waals surface area contributed by atoms with E-state index in [9.17, 15) is 4.79 Å². The van der Waals surface area contributed by atoms with E-state index in [1.807, 2.05) is 49.7 Å². The summed E-state index contributed by atoms with van der Waals surface area (Å²) < 4.78 is 1.81. The van der Waals surface area contributed by atoms with Crippen molar-refractivity contribution in [2.24, 2.45) is 7.05 Å². The van der Waals surface area contributed by atoms with Gasteiger partial charge in [0.25, 0.3) is 0 Å². The highest BCUT2D eigenvalue weighted by molar-refractivity contribution is 5.78. The minimum atomic E-state index is -0.0458. The molecule has 6 heteroatoms. The Bertz CT molecular complexity index is 623. The van der Waals surface area contributed by atoms with Crippen LogP contribution in [0.4, 0.5) is 0 Å². The summed E-state index contributed by atoms with van der Waals surface area (Å²) in [7, 11) is 3.83. The Morgan fingerprint density at radius 2 is 2.09 bits per heavy atom. The molecular formula is C16H23N5O. The van der Waals surface area contributed by atoms with E-state index in [-0.39, 0.29) is 11.9 Å². The van der Waals surface area contributed by atoms with Gasteiger partial charge in [-0.1, -0.05) is 0 Å². The molecular weight excluding hydrogens is 278 g/mol. The van der Waals surface area contributed by atoms with Gasteiger partial charge in [0, 0.05) is 37.2 Å². The Balaban J connectivity index is 1.86. The van der Waals surface area contributed by atoms with Crippen LogP contribution < -0.4 is 5.32 Å². The monoisotopic (exact) mass is 301 g/mol. The van der Waals surface area contributed by atoms with Gasteiger partial charge < -0.3 is 5.32 Å². The van der Waals surface area contributed by atoms with E-state index in [2.05, 4.69) is 15.4 Å². The molecule has 0 aliphatic rings. The summed E-state index contributed by atoms with van der Waals surface area (Å²) in [4.78, 5) is 18.1. The van der Waals surface area contributed by atoms with Crippen LogP contribution in [0.3, 0.4) is 0 Å². The summed E-state index contributed by atoms with van der Waals surface area (Å²) in [5.41, 5.74) is 3.26. The molecule has 0 spiro atoms. The Kier molecular flexibility index (Phi) is 5.27. The molecule has 0 saturated carbocycles. The number of likely N-dealkylation sites (N-methyl/N-ethyl adjacent to an activating group) is 1. The van der Waals surface area contributed by atoms with Crippen LogP contribution in [0.25, 0.3) is 0 Å². The highest BCUT2D eigenvalue weighted by atomic mass is 16.2. The topological polar surface area (TPSA) is 63.1 Å². The predicted octanol–water partition coefficient (Wildman–Crippen LogP) is 1.43. The fourth-order valence-electron chi connectivity index (χ4n) is 2.41. The zero-order valence-corrected chi connectivity index (χ0v) is 13.6. The second kappa shape index (κ2) is 7.17. The van der Waals surface area contributed by atoms with Crippen LogP contribution in [0.15, 0.2) is 30.7 Å². The average Bonchev–Trinajstić information content (AvgIpc) is 2.79. The predicted molar refractivity (Wildman–Crippen MR) is 85.1 cm³/mol. The minimum absolute atomic E-state index is 0.00677. The van der Waals surface area contributed by atoms with Crippen molar-refractivity contribution in [2.75, 3.05) is 13.6 Å². The molecule has 2 heterocycles. The second-order valence-electron chi connectivity index (χ2n) is 5.63. The minimum Gasteiger partial charge on any atom is -0.348 e. The summed E-state index contributed by atoms with van der Waals surface area (Å²) in [6.45, 7) is 5.05. The van der Waals surface area contributed by atoms with Gasteiger partial charge in [0.05, 0.1) is 18.8 Å². The van der Waals surface area contributed by atoms with Crippen LogP contribution in [0, 0.1) is 6.92 Å². The summed E-state index contributed by atoms with van der Waals surface area (Å²) >= 11 is 0. The quantitative estimate of drug-likeness (QED) is 0.877. The number of pyridine rings is 1. The van der Waals surface area contributed by atoms with Crippen LogP contribution in [0.2, 0.25) is 0 Å². The number of rotatable bonds is 6. The van der Waals surface area contributed by atoms with Gasteiger partial charge in [0.15, 0.2) is 0 Å². The van der Waals surface area contributed by atoms with Crippen molar-refractivity contribution in [1.29, 1.82) is 0 Å². The Morgan fingerprint density at radius 1 is 1.41 bits per heavy atom. The number of aryl methyl sites for hydroxylation is 1. The van der Waals surface area contributed by atoms with E-state index < -0.39 is 0 Å². The van der Waals surface area contributed by atoms with Crippen molar-refractivity contribution < 1.29 is 4.79 Å². The smallest absolute Gasteiger partial charge is 0.234 e. The molecule has 2 aromatic rings. The number of aromatic nitrogens is 3. The number of hydrogen-bond acceptors (Lipinski definition) is 4. The average molecular weight is 301 g/mol. The third kappa shape index (κ3) is 4.14. The molecule has 2 rings (SSSR count). The molecule has 118 valence electrons. The first-order valence-corrected chi connectivity index (χ1v) is 7.32. The number of hydrogen-bond donors (Lipinski definition) is 1. The number of nitrogens with one attached hydrogen (secondary N) is 1. The fourth-order valence-corrected chi connectivity index (χ4v) is 2.41. The molecule has 0 radical (unpaired) electrons. The molecule has 0 aromatic carbocycles. The number of nitrogens with zero attached hydrogens (tertiary/aromatic N) is 4. The maximum atomic E-state index is 12.2. The van der Waals surface area contributed by atoms with Crippen LogP contribution >= 0.6 is 0 Å². The maximum absolute atomic E-state index is 12.2. The summed E-state index contributed by atoms with van der Waals surface area (Å²) in [5.74, 6) is 0.00677. The standard InChI is InChI=1S/C16H23N5O/c1-12(15-9-18-21(4)13(15)2)19-16(22)11-20(3)10-14-5-7-17-8-6-14/h5-9,12H,10-11H2,1-4H3,(H,19,22)/t12-/m0/s1. The molecule has 0 aliphatic heterocycles. The molecule has 0 bridgehead atoms. The maximum Gasteiger partial charge on any atom is 0.234 e. The third-order valence-corrected chi connectivity index (χ3v) is 3.73. The lowest BCUT2D eigenvalue weighted by Crippen LogP contribution is -2.36. The highest BCUT2D eigenvalue weighted by Crippen LogP contribution is 2.15. The summed E-state index contributed by atoms with van der Waals surface area (Å²) in [6, 6.07) is 3.86. The molecule has 0 fully saturated rings. The fraction of sp³-hybridized carbons (Fsp3) is 0.438. The molecule has 1 N–H and O–H groups in total. The number of carbonyl (C=O) groups is 1. The molecule has 1 amide bonds. The van der Waals surface area contributed by atoms with Crippen molar-refractivity contribution in [3.05, 3.63) is 47.5 Å². The molecule has 6 nitrogen and oxygen atoms in total. The zero-order chi connectivity index (χ0) is 16.1. The lowest BCUT2D eigenvalue weighted by atomic mass is 10.1. The Hall–Kier alpha value is -2.21. The molecule has 22 heavy (non-hydrogen) atoms. The van der Waals surface area contributed by atoms with Gasteiger partial charge in [-0.15, -0.1) is 0 Å². The molecule has 2 aromatic heterocycles. The highest BCUT2D eigenvalue weighted by Gasteiger charge is 2.15. The third-order valence-electron chi connectivity index (χ3n) is 3.73. The first-order valence-electron chi connectivity index (χ1n) is 7.32. The molecule has 1 atom stereocenters. The van der Waals surface area contributed by atoms with Crippen molar-refractivity contribution in [3.8, 4) is 0 Å². The van der Waals surface area contributed by atoms with Crippen LogP contribution in [0.1, 0.15) is 29.8 Å². The SMILES string of the molecule is Cc1c([C@H](C)NC(=O)CN(C)Cc2ccncc2)cnn1C. The van der Waals surface area contributed by atoms with E-state index in [0.29, 0.717) is 6.54 Å². The van der Waals surface area contributed by atoms with Gasteiger partial charge in [-0.25, -0.2) is 0 Å². The van der Waals surface area contributed by atoms with Gasteiger partial charge in [0.2, 0.25) is 5.91 Å². The second-order valence-corrected chi connectivity index (χ2v) is 5.63. The van der Waals surface area contributed by atoms with E-state index in [1.165, 1.54) is 0 Å². The van der Waals surface area contributed by atoms with E-state index in [4.69, 9.17) is 0 Å². The Labute approximate surface area is 131 Å². The molecule has 0 unspecified atom stereocenters. The normalized spacial score (nSPS) is 12.4. The van der Waals surface area contributed by atoms with Crippen molar-refractivity contribution in [3.63, 3.8) is 0 Å². The van der Waals surface area contributed by atoms with E-state index in [0.717, 1.165) is 23.4 Å². The van der Waals surface area contributed by atoms with Crippen LogP contribution in [0.5, 0.6) is 0 Å².